The average Bonchev–Trinajstić information content (AvgIpc) is 2.66. The highest BCUT2D eigenvalue weighted by Crippen LogP contribution is 2.26. The van der Waals surface area contributed by atoms with Crippen molar-refractivity contribution in [3.8, 4) is 0 Å². The van der Waals surface area contributed by atoms with Crippen LogP contribution in [0.3, 0.4) is 0 Å². The molecule has 0 radical (unpaired) electrons. The van der Waals surface area contributed by atoms with Crippen molar-refractivity contribution in [3.05, 3.63) is 69.4 Å². The summed E-state index contributed by atoms with van der Waals surface area (Å²) in [6.07, 6.45) is 0. The summed E-state index contributed by atoms with van der Waals surface area (Å²) in [5.74, 6) is -7.08. The van der Waals surface area contributed by atoms with Crippen molar-refractivity contribution >= 4 is 22.5 Å². The zero-order valence-electron chi connectivity index (χ0n) is 15.0. The normalized spacial score (nSPS) is 12.1. The Morgan fingerprint density at radius 3 is 2.14 bits per heavy atom. The smallest absolute Gasteiger partial charge is 0.319 e. The first kappa shape index (κ1) is 20.2. The molecule has 0 saturated carbocycles. The molecule has 2 N–H and O–H groups in total. The first-order chi connectivity index (χ1) is 13.6. The second kappa shape index (κ2) is 7.49. The number of urea groups is 1. The number of aromatic nitrogens is 2. The second-order valence-corrected chi connectivity index (χ2v) is 6.22. The van der Waals surface area contributed by atoms with Crippen LogP contribution in [0.1, 0.15) is 18.7 Å². The van der Waals surface area contributed by atoms with E-state index >= 15 is 0 Å². The number of aromatic amines is 1. The molecule has 1 heterocycles. The van der Waals surface area contributed by atoms with Crippen LogP contribution in [0.5, 0.6) is 0 Å². The highest BCUT2D eigenvalue weighted by molar-refractivity contribution is 5.90. The van der Waals surface area contributed by atoms with Crippen molar-refractivity contribution in [1.82, 2.24) is 15.1 Å². The molecule has 1 aromatic heterocycles. The van der Waals surface area contributed by atoms with Crippen LogP contribution in [0.15, 0.2) is 29.1 Å². The average molecular weight is 412 g/mol. The van der Waals surface area contributed by atoms with Crippen LogP contribution in [0, 0.1) is 29.1 Å². The molecule has 0 saturated heterocycles. The molecule has 0 aliphatic carbocycles. The minimum Gasteiger partial charge on any atom is -0.319 e. The van der Waals surface area contributed by atoms with Gasteiger partial charge in [-0.15, -0.1) is 0 Å². The minimum absolute atomic E-state index is 0.0151. The highest BCUT2D eigenvalue weighted by Gasteiger charge is 2.23. The number of rotatable bonds is 3. The largest absolute Gasteiger partial charge is 0.322 e. The molecule has 0 bridgehead atoms. The van der Waals surface area contributed by atoms with Crippen LogP contribution >= 0.6 is 0 Å². The summed E-state index contributed by atoms with van der Waals surface area (Å²) in [4.78, 5) is 25.3. The molecule has 1 unspecified atom stereocenters. The molecule has 6 nitrogen and oxygen atoms in total. The first-order valence-corrected chi connectivity index (χ1v) is 8.15. The van der Waals surface area contributed by atoms with Crippen LogP contribution in [-0.2, 0) is 0 Å². The number of hydrogen-bond donors (Lipinski definition) is 2. The molecule has 2 aromatic carbocycles. The van der Waals surface area contributed by atoms with Crippen molar-refractivity contribution in [1.29, 1.82) is 0 Å². The van der Waals surface area contributed by atoms with E-state index in [1.54, 1.807) is 0 Å². The lowest BCUT2D eigenvalue weighted by Gasteiger charge is -2.25. The maximum absolute atomic E-state index is 13.7. The number of fused-ring (bicyclic) bond motifs is 1. The number of carbonyl (C=O) groups is 1. The number of nitrogens with one attached hydrogen (secondary N) is 2. The van der Waals surface area contributed by atoms with Gasteiger partial charge >= 0.3 is 6.03 Å². The zero-order valence-corrected chi connectivity index (χ0v) is 15.0. The highest BCUT2D eigenvalue weighted by atomic mass is 19.2. The Bertz CT molecular complexity index is 1160. The molecular formula is C18H13F5N4O2. The Balaban J connectivity index is 1.93. The van der Waals surface area contributed by atoms with E-state index in [4.69, 9.17) is 0 Å². The number of benzene rings is 2. The predicted molar refractivity (Wildman–Crippen MR) is 93.8 cm³/mol. The fourth-order valence-corrected chi connectivity index (χ4v) is 2.70. The van der Waals surface area contributed by atoms with Gasteiger partial charge in [-0.1, -0.05) is 0 Å². The van der Waals surface area contributed by atoms with Crippen molar-refractivity contribution < 1.29 is 26.7 Å². The van der Waals surface area contributed by atoms with Gasteiger partial charge in [0.1, 0.15) is 0 Å². The lowest BCUT2D eigenvalue weighted by atomic mass is 10.1. The lowest BCUT2D eigenvalue weighted by molar-refractivity contribution is 0.207. The van der Waals surface area contributed by atoms with Gasteiger partial charge in [-0.2, -0.15) is 5.10 Å². The molecule has 2 amide bonds. The van der Waals surface area contributed by atoms with Gasteiger partial charge in [0.15, 0.2) is 29.1 Å². The standard InChI is InChI=1S/C18H13F5N4O2/c1-7(16-9-5-11(19)12(20)6-10(9)17(28)26-25-16)27(2)18(29)24-8-3-13(21)15(23)14(22)4-8/h3-7H,1-2H3,(H,24,29)(H,26,28). The van der Waals surface area contributed by atoms with Crippen LogP contribution in [0.25, 0.3) is 10.8 Å². The number of anilines is 1. The Labute approximate surface area is 159 Å². The Kier molecular flexibility index (Phi) is 5.23. The van der Waals surface area contributed by atoms with Gasteiger partial charge in [-0.3, -0.25) is 4.79 Å². The van der Waals surface area contributed by atoms with Crippen LogP contribution in [0.2, 0.25) is 0 Å². The van der Waals surface area contributed by atoms with Gasteiger partial charge in [0.05, 0.1) is 17.1 Å². The molecule has 11 heteroatoms. The molecule has 0 aliphatic rings. The lowest BCUT2D eigenvalue weighted by Crippen LogP contribution is -2.34. The summed E-state index contributed by atoms with van der Waals surface area (Å²) in [5, 5.41) is 7.95. The van der Waals surface area contributed by atoms with E-state index in [-0.39, 0.29) is 22.2 Å². The van der Waals surface area contributed by atoms with E-state index in [9.17, 15) is 31.5 Å². The van der Waals surface area contributed by atoms with Gasteiger partial charge in [-0.05, 0) is 19.1 Å². The molecule has 29 heavy (non-hydrogen) atoms. The van der Waals surface area contributed by atoms with Gasteiger partial charge in [0, 0.05) is 30.3 Å². The zero-order chi connectivity index (χ0) is 21.5. The third-order valence-electron chi connectivity index (χ3n) is 4.39. The first-order valence-electron chi connectivity index (χ1n) is 8.15. The van der Waals surface area contributed by atoms with Gasteiger partial charge in [0.2, 0.25) is 0 Å². The SMILES string of the molecule is CC(c1n[nH]c(=O)c2cc(F)c(F)cc12)N(C)C(=O)Nc1cc(F)c(F)c(F)c1. The van der Waals surface area contributed by atoms with Crippen molar-refractivity contribution in [2.45, 2.75) is 13.0 Å². The third kappa shape index (κ3) is 3.75. The van der Waals surface area contributed by atoms with E-state index in [0.717, 1.165) is 11.0 Å². The molecule has 152 valence electrons. The van der Waals surface area contributed by atoms with Crippen molar-refractivity contribution in [2.75, 3.05) is 12.4 Å². The van der Waals surface area contributed by atoms with E-state index < -0.39 is 46.7 Å². The summed E-state index contributed by atoms with van der Waals surface area (Å²) >= 11 is 0. The maximum Gasteiger partial charge on any atom is 0.322 e. The minimum atomic E-state index is -1.68. The van der Waals surface area contributed by atoms with Gasteiger partial charge in [-0.25, -0.2) is 31.8 Å². The number of H-pyrrole nitrogens is 1. The summed E-state index contributed by atoms with van der Waals surface area (Å²) in [6.45, 7) is 1.48. The third-order valence-corrected chi connectivity index (χ3v) is 4.39. The van der Waals surface area contributed by atoms with E-state index in [1.807, 2.05) is 0 Å². The number of amides is 2. The summed E-state index contributed by atoms with van der Waals surface area (Å²) < 4.78 is 66.8. The topological polar surface area (TPSA) is 78.1 Å². The summed E-state index contributed by atoms with van der Waals surface area (Å²) in [7, 11) is 1.30. The molecule has 0 fully saturated rings. The van der Waals surface area contributed by atoms with Crippen LogP contribution in [0.4, 0.5) is 32.4 Å². The van der Waals surface area contributed by atoms with Crippen molar-refractivity contribution in [3.63, 3.8) is 0 Å². The molecular weight excluding hydrogens is 399 g/mol. The molecule has 1 atom stereocenters. The second-order valence-electron chi connectivity index (χ2n) is 6.22. The van der Waals surface area contributed by atoms with Gasteiger partial charge in [0.25, 0.3) is 5.56 Å². The Morgan fingerprint density at radius 2 is 1.55 bits per heavy atom. The maximum atomic E-state index is 13.7. The monoisotopic (exact) mass is 412 g/mol. The van der Waals surface area contributed by atoms with E-state index in [2.05, 4.69) is 15.5 Å². The quantitative estimate of drug-likeness (QED) is 0.507. The molecule has 3 rings (SSSR count). The van der Waals surface area contributed by atoms with Crippen LogP contribution in [-0.4, -0.2) is 28.2 Å². The molecule has 0 spiro atoms. The summed E-state index contributed by atoms with van der Waals surface area (Å²) in [6, 6.07) is 0.961. The van der Waals surface area contributed by atoms with E-state index in [0.29, 0.717) is 18.2 Å². The number of carbonyl (C=O) groups excluding carboxylic acids is 1. The number of hydrogen-bond acceptors (Lipinski definition) is 3. The Hall–Kier alpha value is -3.50. The van der Waals surface area contributed by atoms with E-state index in [1.165, 1.54) is 14.0 Å². The van der Waals surface area contributed by atoms with Crippen LogP contribution < -0.4 is 10.9 Å². The Morgan fingerprint density at radius 1 is 1.00 bits per heavy atom. The molecule has 0 aliphatic heterocycles. The number of nitrogens with zero attached hydrogens (tertiary/aromatic N) is 2. The fraction of sp³-hybridized carbons (Fsp3) is 0.167. The number of halogens is 5. The van der Waals surface area contributed by atoms with Gasteiger partial charge < -0.3 is 10.2 Å². The fourth-order valence-electron chi connectivity index (χ4n) is 2.70. The summed E-state index contributed by atoms with van der Waals surface area (Å²) in [5.41, 5.74) is -1.04. The van der Waals surface area contributed by atoms with Crippen molar-refractivity contribution in [2.24, 2.45) is 0 Å². The molecule has 3 aromatic rings. The predicted octanol–water partition coefficient (Wildman–Crippen LogP) is 3.84.